The summed E-state index contributed by atoms with van der Waals surface area (Å²) in [4.78, 5) is 0. The molecular weight excluding hydrogens is 180 g/mol. The standard InChI is InChI=1S/C7H16O4S/c1-3-4-5-6-7(2)11-12(8,9)10/h7H,3-6H2,1-2H3,(H,8,9,10)/t7-/m0/s1. The third-order valence-corrected chi connectivity index (χ3v) is 2.07. The second kappa shape index (κ2) is 5.50. The summed E-state index contributed by atoms with van der Waals surface area (Å²) in [5, 5.41) is 0. The summed E-state index contributed by atoms with van der Waals surface area (Å²) in [6.45, 7) is 3.69. The predicted octanol–water partition coefficient (Wildman–Crippen LogP) is 1.77. The Morgan fingerprint density at radius 1 is 1.42 bits per heavy atom. The molecule has 0 heterocycles. The molecule has 0 rings (SSSR count). The van der Waals surface area contributed by atoms with Crippen LogP contribution in [0.3, 0.4) is 0 Å². The first kappa shape index (κ1) is 11.9. The quantitative estimate of drug-likeness (QED) is 0.519. The van der Waals surface area contributed by atoms with E-state index in [0.29, 0.717) is 6.42 Å². The minimum atomic E-state index is -4.26. The normalized spacial score (nSPS) is 14.6. The molecule has 0 bridgehead atoms. The SMILES string of the molecule is CCCCC[C@H](C)OS(=O)(=O)O. The fourth-order valence-corrected chi connectivity index (χ4v) is 1.45. The zero-order chi connectivity index (χ0) is 9.61. The summed E-state index contributed by atoms with van der Waals surface area (Å²) in [6.07, 6.45) is 3.30. The van der Waals surface area contributed by atoms with Crippen LogP contribution in [0, 0.1) is 0 Å². The lowest BCUT2D eigenvalue weighted by Gasteiger charge is -2.08. The van der Waals surface area contributed by atoms with Crippen molar-refractivity contribution >= 4 is 10.4 Å². The van der Waals surface area contributed by atoms with Gasteiger partial charge in [0.2, 0.25) is 0 Å². The summed E-state index contributed by atoms with van der Waals surface area (Å²) in [6, 6.07) is 0. The van der Waals surface area contributed by atoms with Gasteiger partial charge in [-0.05, 0) is 13.3 Å². The Morgan fingerprint density at radius 2 is 2.00 bits per heavy atom. The van der Waals surface area contributed by atoms with Gasteiger partial charge in [-0.15, -0.1) is 0 Å². The van der Waals surface area contributed by atoms with Gasteiger partial charge in [-0.3, -0.25) is 4.55 Å². The van der Waals surface area contributed by atoms with Crippen molar-refractivity contribution in [2.45, 2.75) is 45.6 Å². The molecule has 12 heavy (non-hydrogen) atoms. The topological polar surface area (TPSA) is 63.6 Å². The maximum atomic E-state index is 10.2. The summed E-state index contributed by atoms with van der Waals surface area (Å²) in [5.74, 6) is 0. The third-order valence-electron chi connectivity index (χ3n) is 1.50. The smallest absolute Gasteiger partial charge is 0.264 e. The Labute approximate surface area is 73.9 Å². The Bertz CT molecular complexity index is 197. The molecule has 0 aliphatic carbocycles. The van der Waals surface area contributed by atoms with Crippen molar-refractivity contribution < 1.29 is 17.2 Å². The highest BCUT2D eigenvalue weighted by Crippen LogP contribution is 2.07. The minimum Gasteiger partial charge on any atom is -0.264 e. The second-order valence-electron chi connectivity index (χ2n) is 2.83. The van der Waals surface area contributed by atoms with E-state index in [1.54, 1.807) is 6.92 Å². The van der Waals surface area contributed by atoms with Crippen LogP contribution in [0.15, 0.2) is 0 Å². The highest BCUT2D eigenvalue weighted by molar-refractivity contribution is 7.80. The number of hydrogen-bond acceptors (Lipinski definition) is 3. The molecule has 0 fully saturated rings. The van der Waals surface area contributed by atoms with Crippen LogP contribution in [-0.2, 0) is 14.6 Å². The van der Waals surface area contributed by atoms with E-state index in [4.69, 9.17) is 4.55 Å². The maximum Gasteiger partial charge on any atom is 0.397 e. The molecule has 0 aliphatic heterocycles. The van der Waals surface area contributed by atoms with Crippen LogP contribution in [0.5, 0.6) is 0 Å². The molecule has 0 amide bonds. The predicted molar refractivity (Wildman–Crippen MR) is 46.2 cm³/mol. The molecule has 0 unspecified atom stereocenters. The van der Waals surface area contributed by atoms with Crippen molar-refractivity contribution in [2.75, 3.05) is 0 Å². The van der Waals surface area contributed by atoms with Crippen molar-refractivity contribution in [2.24, 2.45) is 0 Å². The van der Waals surface area contributed by atoms with Gasteiger partial charge >= 0.3 is 10.4 Å². The Balaban J connectivity index is 3.53. The molecule has 4 nitrogen and oxygen atoms in total. The van der Waals surface area contributed by atoms with Gasteiger partial charge in [0.15, 0.2) is 0 Å². The highest BCUT2D eigenvalue weighted by Gasteiger charge is 2.10. The molecule has 74 valence electrons. The number of unbranched alkanes of at least 4 members (excludes halogenated alkanes) is 2. The van der Waals surface area contributed by atoms with Crippen LogP contribution >= 0.6 is 0 Å². The van der Waals surface area contributed by atoms with Crippen LogP contribution in [0.1, 0.15) is 39.5 Å². The number of hydrogen-bond donors (Lipinski definition) is 1. The lowest BCUT2D eigenvalue weighted by atomic mass is 10.1. The maximum absolute atomic E-state index is 10.2. The Kier molecular flexibility index (Phi) is 5.44. The first-order valence-corrected chi connectivity index (χ1v) is 5.48. The molecule has 0 saturated carbocycles. The fraction of sp³-hybridized carbons (Fsp3) is 1.00. The van der Waals surface area contributed by atoms with Gasteiger partial charge in [0.25, 0.3) is 0 Å². The average Bonchev–Trinajstić information content (AvgIpc) is 1.84. The third kappa shape index (κ3) is 7.97. The van der Waals surface area contributed by atoms with E-state index in [1.165, 1.54) is 0 Å². The van der Waals surface area contributed by atoms with Gasteiger partial charge < -0.3 is 0 Å². The fourth-order valence-electron chi connectivity index (χ4n) is 0.937. The van der Waals surface area contributed by atoms with E-state index < -0.39 is 16.5 Å². The van der Waals surface area contributed by atoms with Gasteiger partial charge in [0, 0.05) is 0 Å². The first-order valence-electron chi connectivity index (χ1n) is 4.11. The lowest BCUT2D eigenvalue weighted by Crippen LogP contribution is -2.14. The van der Waals surface area contributed by atoms with Crippen molar-refractivity contribution in [3.63, 3.8) is 0 Å². The molecule has 0 aromatic heterocycles. The van der Waals surface area contributed by atoms with Crippen LogP contribution in [0.4, 0.5) is 0 Å². The van der Waals surface area contributed by atoms with Crippen molar-refractivity contribution in [3.05, 3.63) is 0 Å². The molecule has 0 radical (unpaired) electrons. The monoisotopic (exact) mass is 196 g/mol. The van der Waals surface area contributed by atoms with Crippen molar-refractivity contribution in [3.8, 4) is 0 Å². The van der Waals surface area contributed by atoms with Gasteiger partial charge in [0.1, 0.15) is 0 Å². The minimum absolute atomic E-state index is 0.424. The molecule has 0 aromatic rings. The van der Waals surface area contributed by atoms with Crippen LogP contribution < -0.4 is 0 Å². The Hall–Kier alpha value is -0.130. The van der Waals surface area contributed by atoms with Crippen LogP contribution in [0.25, 0.3) is 0 Å². The van der Waals surface area contributed by atoms with E-state index in [-0.39, 0.29) is 0 Å². The van der Waals surface area contributed by atoms with Crippen molar-refractivity contribution in [1.82, 2.24) is 0 Å². The van der Waals surface area contributed by atoms with E-state index in [2.05, 4.69) is 11.1 Å². The summed E-state index contributed by atoms with van der Waals surface area (Å²) in [7, 11) is -4.26. The summed E-state index contributed by atoms with van der Waals surface area (Å²) >= 11 is 0. The molecule has 0 aliphatic rings. The van der Waals surface area contributed by atoms with Gasteiger partial charge in [0.05, 0.1) is 6.10 Å². The highest BCUT2D eigenvalue weighted by atomic mass is 32.3. The number of rotatable bonds is 6. The second-order valence-corrected chi connectivity index (χ2v) is 3.88. The van der Waals surface area contributed by atoms with E-state index >= 15 is 0 Å². The van der Waals surface area contributed by atoms with E-state index in [0.717, 1.165) is 19.3 Å². The molecule has 1 atom stereocenters. The largest absolute Gasteiger partial charge is 0.397 e. The van der Waals surface area contributed by atoms with E-state index in [1.807, 2.05) is 0 Å². The molecule has 1 N–H and O–H groups in total. The first-order chi connectivity index (χ1) is 5.45. The van der Waals surface area contributed by atoms with Gasteiger partial charge in [-0.25, -0.2) is 4.18 Å². The zero-order valence-corrected chi connectivity index (χ0v) is 8.30. The molecule has 5 heteroatoms. The summed E-state index contributed by atoms with van der Waals surface area (Å²) < 4.78 is 33.0. The van der Waals surface area contributed by atoms with Crippen molar-refractivity contribution in [1.29, 1.82) is 0 Å². The molecular formula is C7H16O4S. The Morgan fingerprint density at radius 3 is 2.42 bits per heavy atom. The van der Waals surface area contributed by atoms with Gasteiger partial charge in [-0.2, -0.15) is 8.42 Å². The zero-order valence-electron chi connectivity index (χ0n) is 7.49. The molecule has 0 aromatic carbocycles. The molecule has 0 saturated heterocycles. The molecule has 0 spiro atoms. The summed E-state index contributed by atoms with van der Waals surface area (Å²) in [5.41, 5.74) is 0. The van der Waals surface area contributed by atoms with Gasteiger partial charge in [-0.1, -0.05) is 26.2 Å². The van der Waals surface area contributed by atoms with Crippen LogP contribution in [0.2, 0.25) is 0 Å². The van der Waals surface area contributed by atoms with Crippen LogP contribution in [-0.4, -0.2) is 19.1 Å². The average molecular weight is 196 g/mol. The lowest BCUT2D eigenvalue weighted by molar-refractivity contribution is 0.186. The van der Waals surface area contributed by atoms with E-state index in [9.17, 15) is 8.42 Å².